The van der Waals surface area contributed by atoms with E-state index in [1.807, 2.05) is 6.92 Å². The molecule has 1 aromatic carbocycles. The van der Waals surface area contributed by atoms with Crippen molar-refractivity contribution in [1.82, 2.24) is 15.5 Å². The van der Waals surface area contributed by atoms with Crippen LogP contribution in [0.2, 0.25) is 0 Å². The Morgan fingerprint density at radius 2 is 2.04 bits per heavy atom. The van der Waals surface area contributed by atoms with E-state index in [9.17, 15) is 9.59 Å². The minimum absolute atomic E-state index is 0.107. The second-order valence-electron chi connectivity index (χ2n) is 4.70. The lowest BCUT2D eigenvalue weighted by atomic mass is 10.2. The summed E-state index contributed by atoms with van der Waals surface area (Å²) in [5.74, 6) is -0.105. The molecule has 1 amide bonds. The van der Waals surface area contributed by atoms with Crippen LogP contribution in [0.3, 0.4) is 0 Å². The van der Waals surface area contributed by atoms with Crippen LogP contribution in [0.25, 0.3) is 0 Å². The van der Waals surface area contributed by atoms with Gasteiger partial charge in [-0.1, -0.05) is 28.0 Å². The number of rotatable bonds is 7. The highest BCUT2D eigenvalue weighted by Crippen LogP contribution is 2.10. The molecular formula is C15H16BrN3O4. The van der Waals surface area contributed by atoms with E-state index in [1.165, 1.54) is 0 Å². The van der Waals surface area contributed by atoms with Crippen molar-refractivity contribution in [3.05, 3.63) is 46.0 Å². The first-order valence-corrected chi connectivity index (χ1v) is 7.88. The lowest BCUT2D eigenvalue weighted by Gasteiger charge is -2.05. The largest absolute Gasteiger partial charge is 0.454 e. The van der Waals surface area contributed by atoms with E-state index in [-0.39, 0.29) is 24.9 Å². The number of esters is 1. The van der Waals surface area contributed by atoms with Gasteiger partial charge in [-0.05, 0) is 30.7 Å². The third-order valence-corrected chi connectivity index (χ3v) is 3.37. The van der Waals surface area contributed by atoms with Crippen molar-refractivity contribution in [2.24, 2.45) is 0 Å². The van der Waals surface area contributed by atoms with E-state index in [2.05, 4.69) is 31.4 Å². The molecule has 8 heteroatoms. The van der Waals surface area contributed by atoms with Gasteiger partial charge in [0.25, 0.3) is 11.8 Å². The first-order chi connectivity index (χ1) is 11.1. The summed E-state index contributed by atoms with van der Waals surface area (Å²) in [4.78, 5) is 27.5. The van der Waals surface area contributed by atoms with Crippen molar-refractivity contribution >= 4 is 27.8 Å². The topological polar surface area (TPSA) is 94.3 Å². The van der Waals surface area contributed by atoms with Gasteiger partial charge in [0, 0.05) is 16.5 Å². The van der Waals surface area contributed by atoms with Crippen molar-refractivity contribution in [3.8, 4) is 0 Å². The van der Waals surface area contributed by atoms with Crippen molar-refractivity contribution in [3.63, 3.8) is 0 Å². The Kier molecular flexibility index (Phi) is 6.28. The highest BCUT2D eigenvalue weighted by Gasteiger charge is 2.11. The molecule has 0 atom stereocenters. The Morgan fingerprint density at radius 1 is 1.30 bits per heavy atom. The summed E-state index contributed by atoms with van der Waals surface area (Å²) in [7, 11) is 0. The van der Waals surface area contributed by atoms with E-state index >= 15 is 0 Å². The van der Waals surface area contributed by atoms with Gasteiger partial charge >= 0.3 is 5.97 Å². The SMILES string of the molecule is CCCc1noc(COC(=O)CNC(=O)c2ccc(Br)cc2)n1. The number of benzene rings is 1. The van der Waals surface area contributed by atoms with Gasteiger partial charge in [0.1, 0.15) is 6.54 Å². The fourth-order valence-corrected chi connectivity index (χ4v) is 1.99. The molecule has 0 radical (unpaired) electrons. The fraction of sp³-hybridized carbons (Fsp3) is 0.333. The Balaban J connectivity index is 1.74. The smallest absolute Gasteiger partial charge is 0.325 e. The molecular weight excluding hydrogens is 366 g/mol. The maximum atomic E-state index is 11.8. The van der Waals surface area contributed by atoms with Crippen LogP contribution >= 0.6 is 15.9 Å². The minimum Gasteiger partial charge on any atom is -0.454 e. The summed E-state index contributed by atoms with van der Waals surface area (Å²) in [6.07, 6.45) is 1.61. The zero-order valence-corrected chi connectivity index (χ0v) is 14.1. The van der Waals surface area contributed by atoms with Crippen LogP contribution in [-0.4, -0.2) is 28.6 Å². The van der Waals surface area contributed by atoms with Gasteiger partial charge in [-0.2, -0.15) is 4.98 Å². The Labute approximate surface area is 141 Å². The van der Waals surface area contributed by atoms with E-state index in [4.69, 9.17) is 9.26 Å². The molecule has 0 saturated carbocycles. The number of nitrogens with zero attached hydrogens (tertiary/aromatic N) is 2. The Hall–Kier alpha value is -2.22. The zero-order chi connectivity index (χ0) is 16.7. The first kappa shape index (κ1) is 17.1. The molecule has 2 rings (SSSR count). The highest BCUT2D eigenvalue weighted by molar-refractivity contribution is 9.10. The van der Waals surface area contributed by atoms with Crippen LogP contribution in [0.5, 0.6) is 0 Å². The van der Waals surface area contributed by atoms with E-state index < -0.39 is 5.97 Å². The van der Waals surface area contributed by atoms with Crippen LogP contribution in [0, 0.1) is 0 Å². The maximum Gasteiger partial charge on any atom is 0.325 e. The Bertz CT molecular complexity index is 670. The number of carbonyl (C=O) groups excluding carboxylic acids is 2. The van der Waals surface area contributed by atoms with Crippen LogP contribution in [-0.2, 0) is 22.6 Å². The molecule has 0 aliphatic rings. The Morgan fingerprint density at radius 3 is 2.74 bits per heavy atom. The third-order valence-electron chi connectivity index (χ3n) is 2.84. The molecule has 122 valence electrons. The average molecular weight is 382 g/mol. The molecule has 1 heterocycles. The van der Waals surface area contributed by atoms with Gasteiger partial charge < -0.3 is 14.6 Å². The van der Waals surface area contributed by atoms with Crippen LogP contribution in [0.15, 0.2) is 33.3 Å². The standard InChI is InChI=1S/C15H16BrN3O4/c1-2-3-12-18-13(23-19-12)9-22-14(20)8-17-15(21)10-4-6-11(16)7-5-10/h4-7H,2-3,8-9H2,1H3,(H,17,21). The molecule has 2 aromatic rings. The molecule has 0 fully saturated rings. The summed E-state index contributed by atoms with van der Waals surface area (Å²) >= 11 is 3.29. The minimum atomic E-state index is -0.578. The van der Waals surface area contributed by atoms with Gasteiger partial charge in [0.15, 0.2) is 12.4 Å². The fourth-order valence-electron chi connectivity index (χ4n) is 1.72. The molecule has 0 unspecified atom stereocenters. The normalized spacial score (nSPS) is 10.3. The summed E-state index contributed by atoms with van der Waals surface area (Å²) in [5, 5.41) is 6.24. The lowest BCUT2D eigenvalue weighted by Crippen LogP contribution is -2.30. The number of ether oxygens (including phenoxy) is 1. The van der Waals surface area contributed by atoms with Crippen molar-refractivity contribution in [1.29, 1.82) is 0 Å². The second kappa shape index (κ2) is 8.42. The number of hydrogen-bond donors (Lipinski definition) is 1. The van der Waals surface area contributed by atoms with Crippen molar-refractivity contribution < 1.29 is 18.8 Å². The molecule has 1 aromatic heterocycles. The molecule has 0 aliphatic carbocycles. The molecule has 0 saturated heterocycles. The number of amides is 1. The quantitative estimate of drug-likeness (QED) is 0.739. The molecule has 7 nitrogen and oxygen atoms in total. The van der Waals surface area contributed by atoms with Gasteiger partial charge in [0.05, 0.1) is 0 Å². The van der Waals surface area contributed by atoms with E-state index in [0.717, 1.165) is 10.9 Å². The molecule has 0 aliphatic heterocycles. The van der Waals surface area contributed by atoms with Crippen molar-refractivity contribution in [2.45, 2.75) is 26.4 Å². The average Bonchev–Trinajstić information content (AvgIpc) is 2.99. The number of aromatic nitrogens is 2. The molecule has 0 spiro atoms. The maximum absolute atomic E-state index is 11.8. The number of hydrogen-bond acceptors (Lipinski definition) is 6. The van der Waals surface area contributed by atoms with E-state index in [0.29, 0.717) is 17.8 Å². The monoisotopic (exact) mass is 381 g/mol. The van der Waals surface area contributed by atoms with Gasteiger partial charge in [-0.15, -0.1) is 0 Å². The van der Waals surface area contributed by atoms with Gasteiger partial charge in [-0.3, -0.25) is 9.59 Å². The lowest BCUT2D eigenvalue weighted by molar-refractivity contribution is -0.144. The van der Waals surface area contributed by atoms with Crippen molar-refractivity contribution in [2.75, 3.05) is 6.54 Å². The second-order valence-corrected chi connectivity index (χ2v) is 5.62. The number of carbonyl (C=O) groups is 2. The van der Waals surface area contributed by atoms with Crippen LogP contribution in [0.4, 0.5) is 0 Å². The first-order valence-electron chi connectivity index (χ1n) is 7.09. The highest BCUT2D eigenvalue weighted by atomic mass is 79.9. The van der Waals surface area contributed by atoms with Gasteiger partial charge in [0.2, 0.25) is 0 Å². The summed E-state index contributed by atoms with van der Waals surface area (Å²) in [5.41, 5.74) is 0.460. The number of aryl methyl sites for hydroxylation is 1. The molecule has 1 N–H and O–H groups in total. The summed E-state index contributed by atoms with van der Waals surface area (Å²) in [6.45, 7) is 1.67. The third kappa shape index (κ3) is 5.48. The molecule has 0 bridgehead atoms. The predicted molar refractivity (Wildman–Crippen MR) is 84.6 cm³/mol. The zero-order valence-electron chi connectivity index (χ0n) is 12.5. The summed E-state index contributed by atoms with van der Waals surface area (Å²) in [6, 6.07) is 6.80. The molecule has 23 heavy (non-hydrogen) atoms. The van der Waals surface area contributed by atoms with Crippen LogP contribution in [0.1, 0.15) is 35.4 Å². The van der Waals surface area contributed by atoms with Crippen LogP contribution < -0.4 is 5.32 Å². The van der Waals surface area contributed by atoms with E-state index in [1.54, 1.807) is 24.3 Å². The predicted octanol–water partition coefficient (Wildman–Crippen LogP) is 2.26. The van der Waals surface area contributed by atoms with Gasteiger partial charge in [-0.25, -0.2) is 0 Å². The number of nitrogens with one attached hydrogen (secondary N) is 1. The number of halogens is 1. The summed E-state index contributed by atoms with van der Waals surface area (Å²) < 4.78 is 10.8.